The molecule has 6 heteroatoms. The van der Waals surface area contributed by atoms with E-state index in [1.54, 1.807) is 0 Å². The number of carbonyl (C=O) groups excluding carboxylic acids is 1. The van der Waals surface area contributed by atoms with E-state index >= 15 is 0 Å². The van der Waals surface area contributed by atoms with Gasteiger partial charge < -0.3 is 20.3 Å². The summed E-state index contributed by atoms with van der Waals surface area (Å²) < 4.78 is 19.8. The number of hydrogen-bond donors (Lipinski definition) is 2. The molecule has 3 aliphatic heterocycles. The molecule has 1 amide bonds. The first-order chi connectivity index (χ1) is 14.0. The molecule has 0 bridgehead atoms. The molecule has 5 fully saturated rings. The van der Waals surface area contributed by atoms with Crippen LogP contribution >= 0.6 is 0 Å². The summed E-state index contributed by atoms with van der Waals surface area (Å²) in [5.41, 5.74) is 0.481. The molecule has 0 radical (unpaired) electrons. The second kappa shape index (κ2) is 8.08. The molecule has 3 heterocycles. The highest BCUT2D eigenvalue weighted by Gasteiger charge is 2.47. The third-order valence-electron chi connectivity index (χ3n) is 8.84. The zero-order valence-electron chi connectivity index (χ0n) is 17.9. The van der Waals surface area contributed by atoms with E-state index in [2.05, 4.69) is 22.5 Å². The lowest BCUT2D eigenvalue weighted by atomic mass is 9.76. The summed E-state index contributed by atoms with van der Waals surface area (Å²) in [6.45, 7) is 6.47. The first-order valence-electron chi connectivity index (χ1n) is 12.1. The molecule has 1 spiro atoms. The molecule has 5 nitrogen and oxygen atoms in total. The van der Waals surface area contributed by atoms with Crippen molar-refractivity contribution in [3.63, 3.8) is 0 Å². The third kappa shape index (κ3) is 3.97. The zero-order chi connectivity index (χ0) is 20.0. The van der Waals surface area contributed by atoms with Gasteiger partial charge in [-0.1, -0.05) is 6.92 Å². The number of alkyl halides is 1. The molecule has 3 saturated heterocycles. The van der Waals surface area contributed by atoms with E-state index in [-0.39, 0.29) is 30.0 Å². The summed E-state index contributed by atoms with van der Waals surface area (Å²) in [7, 11) is 0. The third-order valence-corrected chi connectivity index (χ3v) is 8.84. The molecule has 0 aromatic heterocycles. The van der Waals surface area contributed by atoms with E-state index < -0.39 is 6.17 Å². The van der Waals surface area contributed by atoms with Crippen LogP contribution in [0.15, 0.2) is 0 Å². The Balaban J connectivity index is 1.12. The molecular weight excluding hydrogens is 369 g/mol. The largest absolute Gasteiger partial charge is 0.380 e. The van der Waals surface area contributed by atoms with Gasteiger partial charge in [0.15, 0.2) is 0 Å². The maximum Gasteiger partial charge on any atom is 0.237 e. The number of carbonyl (C=O) groups is 1. The summed E-state index contributed by atoms with van der Waals surface area (Å²) in [5, 5.41) is 6.82. The van der Waals surface area contributed by atoms with Crippen molar-refractivity contribution in [1.82, 2.24) is 15.5 Å². The Morgan fingerprint density at radius 2 is 1.93 bits per heavy atom. The van der Waals surface area contributed by atoms with E-state index in [1.165, 1.54) is 38.8 Å². The number of likely N-dealkylation sites (tertiary alicyclic amines) is 1. The fourth-order valence-corrected chi connectivity index (χ4v) is 6.77. The van der Waals surface area contributed by atoms with Gasteiger partial charge in [0.25, 0.3) is 0 Å². The molecule has 2 aliphatic carbocycles. The highest BCUT2D eigenvalue weighted by molar-refractivity contribution is 5.82. The number of amides is 1. The standard InChI is InChI=1S/C23H38FN3O2/c1-15-5-6-19(24)18-12-20(26-21(15)18)22(28)25-16-3-2-4-17(11-16)27-9-7-23(8-10-27)13-29-14-23/h15-21,26H,2-14H2,1H3,(H,25,28). The Labute approximate surface area is 174 Å². The molecule has 0 aromatic rings. The molecule has 2 saturated carbocycles. The van der Waals surface area contributed by atoms with Crippen LogP contribution in [0.3, 0.4) is 0 Å². The predicted octanol–water partition coefficient (Wildman–Crippen LogP) is 2.64. The first-order valence-corrected chi connectivity index (χ1v) is 12.1. The first kappa shape index (κ1) is 20.2. The molecule has 7 unspecified atom stereocenters. The predicted molar refractivity (Wildman–Crippen MR) is 110 cm³/mol. The summed E-state index contributed by atoms with van der Waals surface area (Å²) >= 11 is 0. The number of rotatable bonds is 3. The number of ether oxygens (including phenoxy) is 1. The van der Waals surface area contributed by atoms with Gasteiger partial charge in [0, 0.05) is 29.5 Å². The maximum atomic E-state index is 14.4. The van der Waals surface area contributed by atoms with Crippen molar-refractivity contribution in [3.8, 4) is 0 Å². The lowest BCUT2D eigenvalue weighted by Crippen LogP contribution is -2.55. The lowest BCUT2D eigenvalue weighted by Gasteiger charge is -2.50. The molecule has 0 aromatic carbocycles. The van der Waals surface area contributed by atoms with Crippen LogP contribution in [0, 0.1) is 17.3 Å². The summed E-state index contributed by atoms with van der Waals surface area (Å²) in [6.07, 6.45) is 8.61. The van der Waals surface area contributed by atoms with Crippen LogP contribution in [-0.4, -0.2) is 67.4 Å². The van der Waals surface area contributed by atoms with Gasteiger partial charge >= 0.3 is 0 Å². The van der Waals surface area contributed by atoms with Gasteiger partial charge in [0.05, 0.1) is 19.3 Å². The van der Waals surface area contributed by atoms with Crippen LogP contribution in [0.5, 0.6) is 0 Å². The average molecular weight is 408 g/mol. The minimum absolute atomic E-state index is 0.0183. The molecule has 5 aliphatic rings. The highest BCUT2D eigenvalue weighted by Crippen LogP contribution is 2.40. The van der Waals surface area contributed by atoms with Crippen molar-refractivity contribution < 1.29 is 13.9 Å². The van der Waals surface area contributed by atoms with E-state index in [9.17, 15) is 9.18 Å². The monoisotopic (exact) mass is 407 g/mol. The molecule has 2 N–H and O–H groups in total. The molecule has 29 heavy (non-hydrogen) atoms. The zero-order valence-corrected chi connectivity index (χ0v) is 17.9. The fraction of sp³-hybridized carbons (Fsp3) is 0.957. The normalized spacial score (nSPS) is 44.8. The fourth-order valence-electron chi connectivity index (χ4n) is 6.77. The lowest BCUT2D eigenvalue weighted by molar-refractivity contribution is -0.143. The number of nitrogens with one attached hydrogen (secondary N) is 2. The topological polar surface area (TPSA) is 53.6 Å². The number of halogens is 1. The number of nitrogens with zero attached hydrogens (tertiary/aromatic N) is 1. The second-order valence-electron chi connectivity index (χ2n) is 10.8. The smallest absolute Gasteiger partial charge is 0.237 e. The number of piperidine rings is 1. The number of fused-ring (bicyclic) bond motifs is 1. The van der Waals surface area contributed by atoms with E-state index in [0.717, 1.165) is 32.5 Å². The van der Waals surface area contributed by atoms with Crippen molar-refractivity contribution in [2.75, 3.05) is 26.3 Å². The summed E-state index contributed by atoms with van der Waals surface area (Å²) in [5.74, 6) is 0.589. The van der Waals surface area contributed by atoms with Gasteiger partial charge in [-0.3, -0.25) is 4.79 Å². The van der Waals surface area contributed by atoms with Gasteiger partial charge in [0.2, 0.25) is 5.91 Å². The van der Waals surface area contributed by atoms with Crippen molar-refractivity contribution in [2.45, 2.75) is 95.1 Å². The minimum atomic E-state index is -0.746. The van der Waals surface area contributed by atoms with Gasteiger partial charge in [-0.15, -0.1) is 0 Å². The summed E-state index contributed by atoms with van der Waals surface area (Å²) in [6, 6.07) is 0.830. The van der Waals surface area contributed by atoms with Gasteiger partial charge in [-0.2, -0.15) is 0 Å². The van der Waals surface area contributed by atoms with Crippen molar-refractivity contribution in [3.05, 3.63) is 0 Å². The van der Waals surface area contributed by atoms with E-state index in [0.29, 0.717) is 30.2 Å². The van der Waals surface area contributed by atoms with Crippen molar-refractivity contribution in [1.29, 1.82) is 0 Å². The summed E-state index contributed by atoms with van der Waals surface area (Å²) in [4.78, 5) is 15.6. The van der Waals surface area contributed by atoms with Crippen molar-refractivity contribution in [2.24, 2.45) is 17.3 Å². The molecule has 164 valence electrons. The van der Waals surface area contributed by atoms with Crippen molar-refractivity contribution >= 4 is 5.91 Å². The van der Waals surface area contributed by atoms with Crippen LogP contribution in [0.4, 0.5) is 4.39 Å². The Hall–Kier alpha value is -0.720. The van der Waals surface area contributed by atoms with Gasteiger partial charge in [-0.05, 0) is 76.8 Å². The maximum absolute atomic E-state index is 14.4. The van der Waals surface area contributed by atoms with E-state index in [1.807, 2.05) is 0 Å². The average Bonchev–Trinajstić information content (AvgIpc) is 3.17. The van der Waals surface area contributed by atoms with E-state index in [4.69, 9.17) is 4.74 Å². The number of hydrogen-bond acceptors (Lipinski definition) is 4. The van der Waals surface area contributed by atoms with Crippen LogP contribution in [0.2, 0.25) is 0 Å². The van der Waals surface area contributed by atoms with Gasteiger partial charge in [0.1, 0.15) is 6.17 Å². The van der Waals surface area contributed by atoms with Crippen LogP contribution in [0.1, 0.15) is 64.7 Å². The van der Waals surface area contributed by atoms with Crippen LogP contribution in [-0.2, 0) is 9.53 Å². The van der Waals surface area contributed by atoms with Gasteiger partial charge in [-0.25, -0.2) is 4.39 Å². The highest BCUT2D eigenvalue weighted by atomic mass is 19.1. The second-order valence-corrected chi connectivity index (χ2v) is 10.8. The Morgan fingerprint density at radius 1 is 1.14 bits per heavy atom. The Kier molecular flexibility index (Phi) is 5.63. The minimum Gasteiger partial charge on any atom is -0.380 e. The Bertz CT molecular complexity index is 585. The van der Waals surface area contributed by atoms with Crippen LogP contribution < -0.4 is 10.6 Å². The van der Waals surface area contributed by atoms with Crippen LogP contribution in [0.25, 0.3) is 0 Å². The molecular formula is C23H38FN3O2. The SMILES string of the molecule is CC1CCC(F)C2CC(C(=O)NC3CCCC(N4CCC5(CC4)COC5)C3)NC12. The quantitative estimate of drug-likeness (QED) is 0.755. The molecule has 5 rings (SSSR count). The molecule has 7 atom stereocenters. The Morgan fingerprint density at radius 3 is 2.62 bits per heavy atom.